The molecule has 10 heteroatoms. The Labute approximate surface area is 170 Å². The Hall–Kier alpha value is -3.14. The predicted molar refractivity (Wildman–Crippen MR) is 107 cm³/mol. The molecule has 0 aliphatic heterocycles. The number of rotatable bonds is 5. The van der Waals surface area contributed by atoms with E-state index in [9.17, 15) is 9.59 Å². The highest BCUT2D eigenvalue weighted by molar-refractivity contribution is 7.13. The molecule has 3 heterocycles. The van der Waals surface area contributed by atoms with Gasteiger partial charge in [-0.25, -0.2) is 19.7 Å². The molecule has 0 unspecified atom stereocenters. The van der Waals surface area contributed by atoms with Crippen LogP contribution in [0.5, 0.6) is 0 Å². The van der Waals surface area contributed by atoms with E-state index in [0.29, 0.717) is 33.4 Å². The monoisotopic (exact) mass is 412 g/mol. The Bertz CT molecular complexity index is 1120. The molecule has 0 aromatic carbocycles. The van der Waals surface area contributed by atoms with Crippen molar-refractivity contribution >= 4 is 29.0 Å². The van der Waals surface area contributed by atoms with Crippen LogP contribution in [-0.4, -0.2) is 43.5 Å². The van der Waals surface area contributed by atoms with Crippen LogP contribution in [0.25, 0.3) is 11.4 Å². The molecule has 0 saturated heterocycles. The van der Waals surface area contributed by atoms with Crippen molar-refractivity contribution in [3.63, 3.8) is 0 Å². The first-order valence-corrected chi connectivity index (χ1v) is 9.97. The Balaban J connectivity index is 1.66. The van der Waals surface area contributed by atoms with Gasteiger partial charge in [-0.3, -0.25) is 9.89 Å². The van der Waals surface area contributed by atoms with E-state index in [2.05, 4.69) is 39.0 Å². The molecule has 4 rings (SSSR count). The Morgan fingerprint density at radius 3 is 2.83 bits per heavy atom. The quantitative estimate of drug-likeness (QED) is 0.481. The number of nitrogens with zero attached hydrogens (tertiary/aromatic N) is 4. The molecule has 0 atom stereocenters. The van der Waals surface area contributed by atoms with Crippen LogP contribution in [0.1, 0.15) is 57.1 Å². The van der Waals surface area contributed by atoms with Gasteiger partial charge in [0.15, 0.2) is 5.78 Å². The van der Waals surface area contributed by atoms with E-state index in [0.717, 1.165) is 22.5 Å². The van der Waals surface area contributed by atoms with Crippen LogP contribution in [0.3, 0.4) is 0 Å². The smallest absolute Gasteiger partial charge is 0.349 e. The van der Waals surface area contributed by atoms with Crippen molar-refractivity contribution < 1.29 is 14.3 Å². The van der Waals surface area contributed by atoms with E-state index in [1.807, 2.05) is 0 Å². The largest absolute Gasteiger partial charge is 0.462 e. The lowest BCUT2D eigenvalue weighted by Gasteiger charge is -2.30. The molecular weight excluding hydrogens is 392 g/mol. The van der Waals surface area contributed by atoms with Crippen molar-refractivity contribution in [2.24, 2.45) is 0 Å². The number of ether oxygens (including phenoxy) is 1. The molecule has 0 amide bonds. The van der Waals surface area contributed by atoms with Crippen molar-refractivity contribution in [3.05, 3.63) is 39.1 Å². The number of thiazole rings is 1. The first-order valence-electron chi connectivity index (χ1n) is 9.15. The highest BCUT2D eigenvalue weighted by Crippen LogP contribution is 2.42. The summed E-state index contributed by atoms with van der Waals surface area (Å²) in [6, 6.07) is 0. The zero-order chi connectivity index (χ0) is 20.8. The number of nitrogens with two attached hydrogens (primary N) is 1. The number of nitrogen functional groups attached to an aromatic ring is 1. The molecule has 9 nitrogen and oxygen atoms in total. The molecule has 150 valence electrons. The van der Waals surface area contributed by atoms with Gasteiger partial charge in [0.25, 0.3) is 0 Å². The van der Waals surface area contributed by atoms with Crippen molar-refractivity contribution in [2.75, 3.05) is 12.3 Å². The Morgan fingerprint density at radius 2 is 2.07 bits per heavy atom. The molecule has 0 fully saturated rings. The summed E-state index contributed by atoms with van der Waals surface area (Å²) in [4.78, 5) is 37.8. The second-order valence-corrected chi connectivity index (χ2v) is 8.54. The number of aromatic nitrogens is 5. The number of carbonyl (C=O) groups is 2. The van der Waals surface area contributed by atoms with E-state index in [1.165, 1.54) is 6.20 Å². The summed E-state index contributed by atoms with van der Waals surface area (Å²) in [7, 11) is 0. The van der Waals surface area contributed by atoms with Crippen molar-refractivity contribution in [2.45, 2.75) is 39.0 Å². The topological polar surface area (TPSA) is 137 Å². The van der Waals surface area contributed by atoms with Crippen LogP contribution in [0.15, 0.2) is 12.4 Å². The average Bonchev–Trinajstić information content (AvgIpc) is 3.30. The van der Waals surface area contributed by atoms with Crippen LogP contribution in [0.4, 0.5) is 5.95 Å². The highest BCUT2D eigenvalue weighted by Gasteiger charge is 2.38. The number of esters is 1. The van der Waals surface area contributed by atoms with Crippen molar-refractivity contribution in [3.8, 4) is 11.4 Å². The van der Waals surface area contributed by atoms with E-state index in [-0.39, 0.29) is 30.2 Å². The normalized spacial score (nSPS) is 14.2. The van der Waals surface area contributed by atoms with Gasteiger partial charge in [0.2, 0.25) is 5.95 Å². The van der Waals surface area contributed by atoms with Crippen LogP contribution in [-0.2, 0) is 23.0 Å². The molecule has 0 radical (unpaired) electrons. The van der Waals surface area contributed by atoms with E-state index < -0.39 is 5.97 Å². The molecule has 0 saturated carbocycles. The summed E-state index contributed by atoms with van der Waals surface area (Å²) in [5, 5.41) is 7.80. The number of H-pyrrole nitrogens is 1. The van der Waals surface area contributed by atoms with Crippen LogP contribution < -0.4 is 5.73 Å². The number of aromatic amines is 1. The fourth-order valence-electron chi connectivity index (χ4n) is 3.61. The number of fused-ring (bicyclic) bond motifs is 3. The van der Waals surface area contributed by atoms with E-state index >= 15 is 0 Å². The molecule has 1 aliphatic rings. The minimum Gasteiger partial charge on any atom is -0.462 e. The number of hydrogen-bond donors (Lipinski definition) is 2. The van der Waals surface area contributed by atoms with E-state index in [4.69, 9.17) is 10.5 Å². The fraction of sp³-hybridized carbons (Fsp3) is 0.368. The molecule has 0 spiro atoms. The van der Waals surface area contributed by atoms with Gasteiger partial charge in [-0.1, -0.05) is 13.8 Å². The zero-order valence-electron chi connectivity index (χ0n) is 16.3. The summed E-state index contributed by atoms with van der Waals surface area (Å²) in [5.41, 5.74) is 8.89. The fourth-order valence-corrected chi connectivity index (χ4v) is 4.42. The molecule has 1 aliphatic carbocycles. The predicted octanol–water partition coefficient (Wildman–Crippen LogP) is 2.34. The van der Waals surface area contributed by atoms with Gasteiger partial charge in [-0.05, 0) is 24.3 Å². The summed E-state index contributed by atoms with van der Waals surface area (Å²) in [5.74, 6) is -0.417. The standard InChI is InChI=1S/C19H20N6O3S/c1-4-28-17(27)11-8-21-12(29-11)5-10(26)15-13-16(25-24-15)14-9(6-19(13,2)3)7-22-18(20)23-14/h7-8H,4-6H2,1-3H3,(H,24,25)(H2,20,22,23). The minimum absolute atomic E-state index is 0.0631. The van der Waals surface area contributed by atoms with Gasteiger partial charge in [-0.15, -0.1) is 11.3 Å². The molecule has 0 bridgehead atoms. The SMILES string of the molecule is CCOC(=O)c1cnc(CC(=O)c2[nH]nc3c2C(C)(C)Cc2cnc(N)nc2-3)s1. The number of carbonyl (C=O) groups excluding carboxylic acids is 2. The van der Waals surface area contributed by atoms with Crippen molar-refractivity contribution in [1.82, 2.24) is 25.1 Å². The molecule has 3 aromatic heterocycles. The van der Waals surface area contributed by atoms with Gasteiger partial charge >= 0.3 is 5.97 Å². The maximum absolute atomic E-state index is 13.0. The molecule has 3 N–H and O–H groups in total. The lowest BCUT2D eigenvalue weighted by atomic mass is 9.73. The first-order chi connectivity index (χ1) is 13.8. The second kappa shape index (κ2) is 7.03. The molecule has 3 aromatic rings. The highest BCUT2D eigenvalue weighted by atomic mass is 32.1. The number of Topliss-reactive ketones (excluding diaryl/α,β-unsaturated/α-hetero) is 1. The van der Waals surface area contributed by atoms with Gasteiger partial charge in [-0.2, -0.15) is 5.10 Å². The van der Waals surface area contributed by atoms with E-state index in [1.54, 1.807) is 13.1 Å². The number of ketones is 1. The number of nitrogens with one attached hydrogen (secondary N) is 1. The lowest BCUT2D eigenvalue weighted by molar-refractivity contribution is 0.0531. The third-order valence-corrected chi connectivity index (χ3v) is 5.78. The van der Waals surface area contributed by atoms with Crippen molar-refractivity contribution in [1.29, 1.82) is 0 Å². The average molecular weight is 412 g/mol. The first kappa shape index (κ1) is 19.2. The lowest BCUT2D eigenvalue weighted by Crippen LogP contribution is -2.28. The summed E-state index contributed by atoms with van der Waals surface area (Å²) in [6.07, 6.45) is 3.88. The second-order valence-electron chi connectivity index (χ2n) is 7.42. The van der Waals surface area contributed by atoms with Gasteiger partial charge < -0.3 is 10.5 Å². The number of hydrogen-bond acceptors (Lipinski definition) is 9. The third kappa shape index (κ3) is 3.39. The van der Waals surface area contributed by atoms with Gasteiger partial charge in [0.1, 0.15) is 21.3 Å². The number of anilines is 1. The van der Waals surface area contributed by atoms with Gasteiger partial charge in [0.05, 0.1) is 24.9 Å². The summed E-state index contributed by atoms with van der Waals surface area (Å²) in [6.45, 7) is 6.14. The summed E-state index contributed by atoms with van der Waals surface area (Å²) >= 11 is 1.16. The zero-order valence-corrected chi connectivity index (χ0v) is 17.1. The minimum atomic E-state index is -0.433. The Kier molecular flexibility index (Phi) is 4.65. The Morgan fingerprint density at radius 1 is 1.28 bits per heavy atom. The van der Waals surface area contributed by atoms with Gasteiger partial charge in [0, 0.05) is 11.8 Å². The molecular formula is C19H20N6O3S. The molecule has 29 heavy (non-hydrogen) atoms. The maximum Gasteiger partial charge on any atom is 0.349 e. The third-order valence-electron chi connectivity index (χ3n) is 4.80. The van der Waals surface area contributed by atoms with Crippen LogP contribution in [0, 0.1) is 0 Å². The summed E-state index contributed by atoms with van der Waals surface area (Å²) < 4.78 is 4.97. The maximum atomic E-state index is 13.0. The van der Waals surface area contributed by atoms with Crippen LogP contribution >= 0.6 is 11.3 Å². The van der Waals surface area contributed by atoms with Crippen LogP contribution in [0.2, 0.25) is 0 Å².